The van der Waals surface area contributed by atoms with E-state index in [0.717, 1.165) is 12.5 Å². The average molecular weight is 234 g/mol. The van der Waals surface area contributed by atoms with Crippen molar-refractivity contribution in [2.24, 2.45) is 5.92 Å². The number of quaternary nitrogens is 2. The van der Waals surface area contributed by atoms with E-state index in [9.17, 15) is 0 Å². The number of benzene rings is 1. The molecule has 1 aliphatic rings. The Hall–Kier alpha value is -0.860. The number of hydrogen-bond acceptors (Lipinski definition) is 0. The molecule has 0 aromatic heterocycles. The number of likely N-dealkylation sites (tertiary alicyclic amines) is 1. The number of piperidine rings is 1. The van der Waals surface area contributed by atoms with Gasteiger partial charge in [0.2, 0.25) is 0 Å². The minimum atomic E-state index is 0.600. The Bertz CT molecular complexity index is 336. The Morgan fingerprint density at radius 1 is 1.24 bits per heavy atom. The van der Waals surface area contributed by atoms with E-state index in [0.29, 0.717) is 6.04 Å². The van der Waals surface area contributed by atoms with Gasteiger partial charge >= 0.3 is 0 Å². The summed E-state index contributed by atoms with van der Waals surface area (Å²) in [4.78, 5) is 1.74. The van der Waals surface area contributed by atoms with E-state index in [4.69, 9.17) is 0 Å². The lowest BCUT2D eigenvalue weighted by Gasteiger charge is -2.32. The summed E-state index contributed by atoms with van der Waals surface area (Å²) in [7, 11) is 0. The molecular weight excluding hydrogens is 208 g/mol. The van der Waals surface area contributed by atoms with Crippen molar-refractivity contribution in [3.05, 3.63) is 35.4 Å². The van der Waals surface area contributed by atoms with Crippen molar-refractivity contribution in [1.82, 2.24) is 0 Å². The lowest BCUT2D eigenvalue weighted by atomic mass is 9.95. The molecule has 1 saturated heterocycles. The van der Waals surface area contributed by atoms with E-state index in [-0.39, 0.29) is 0 Å². The zero-order chi connectivity index (χ0) is 12.3. The Labute approximate surface area is 105 Å². The second-order valence-corrected chi connectivity index (χ2v) is 5.59. The Kier molecular flexibility index (Phi) is 4.19. The lowest BCUT2D eigenvalue weighted by Crippen LogP contribution is -3.14. The van der Waals surface area contributed by atoms with Gasteiger partial charge in [0.15, 0.2) is 6.04 Å². The van der Waals surface area contributed by atoms with Crippen LogP contribution in [0.2, 0.25) is 0 Å². The van der Waals surface area contributed by atoms with Crippen LogP contribution >= 0.6 is 0 Å². The molecule has 17 heavy (non-hydrogen) atoms. The van der Waals surface area contributed by atoms with Crippen LogP contribution in [0.25, 0.3) is 0 Å². The quantitative estimate of drug-likeness (QED) is 0.767. The molecule has 0 saturated carbocycles. The molecule has 0 spiro atoms. The molecule has 0 amide bonds. The number of hydrogen-bond donors (Lipinski definition) is 2. The van der Waals surface area contributed by atoms with Gasteiger partial charge in [0.05, 0.1) is 13.1 Å². The fourth-order valence-corrected chi connectivity index (χ4v) is 2.89. The fraction of sp³-hybridized carbons (Fsp3) is 0.600. The smallest absolute Gasteiger partial charge is 0.162 e. The molecule has 1 fully saturated rings. The molecule has 1 aromatic rings. The van der Waals surface area contributed by atoms with Crippen molar-refractivity contribution >= 4 is 0 Å². The summed E-state index contributed by atoms with van der Waals surface area (Å²) in [6.45, 7) is 8.16. The van der Waals surface area contributed by atoms with Crippen molar-refractivity contribution in [2.75, 3.05) is 19.6 Å². The van der Waals surface area contributed by atoms with Crippen LogP contribution in [-0.4, -0.2) is 19.6 Å². The zero-order valence-corrected chi connectivity index (χ0v) is 11.2. The second kappa shape index (κ2) is 5.65. The fourth-order valence-electron chi connectivity index (χ4n) is 2.89. The van der Waals surface area contributed by atoms with Crippen molar-refractivity contribution in [1.29, 1.82) is 0 Å². The van der Waals surface area contributed by atoms with Gasteiger partial charge in [0, 0.05) is 5.56 Å². The van der Waals surface area contributed by atoms with Gasteiger partial charge in [-0.25, -0.2) is 0 Å². The van der Waals surface area contributed by atoms with Crippen LogP contribution in [0, 0.1) is 12.8 Å². The molecule has 0 bridgehead atoms. The summed E-state index contributed by atoms with van der Waals surface area (Å²) in [6.07, 6.45) is 2.75. The third-order valence-electron chi connectivity index (χ3n) is 4.18. The van der Waals surface area contributed by atoms with Crippen LogP contribution in [0.3, 0.4) is 0 Å². The Morgan fingerprint density at radius 3 is 2.35 bits per heavy atom. The van der Waals surface area contributed by atoms with Crippen molar-refractivity contribution < 1.29 is 10.6 Å². The summed E-state index contributed by atoms with van der Waals surface area (Å²) >= 11 is 0. The third kappa shape index (κ3) is 3.08. The van der Waals surface area contributed by atoms with Gasteiger partial charge in [0.1, 0.15) is 6.54 Å². The number of nitrogens with one attached hydrogen (secondary N) is 1. The molecule has 94 valence electrons. The van der Waals surface area contributed by atoms with E-state index in [2.05, 4.69) is 43.8 Å². The van der Waals surface area contributed by atoms with Gasteiger partial charge < -0.3 is 10.6 Å². The molecule has 1 heterocycles. The average Bonchev–Trinajstić information content (AvgIpc) is 2.35. The van der Waals surface area contributed by atoms with Gasteiger partial charge in [0.25, 0.3) is 0 Å². The molecular formula is C15H26N2+2. The molecule has 4 N–H and O–H groups in total. The van der Waals surface area contributed by atoms with E-state index in [1.165, 1.54) is 37.1 Å². The molecule has 2 nitrogen and oxygen atoms in total. The first-order valence-corrected chi connectivity index (χ1v) is 6.91. The maximum Gasteiger partial charge on any atom is 0.162 e. The van der Waals surface area contributed by atoms with E-state index < -0.39 is 0 Å². The highest BCUT2D eigenvalue weighted by Gasteiger charge is 2.28. The highest BCUT2D eigenvalue weighted by molar-refractivity contribution is 5.23. The Balaban J connectivity index is 2.08. The van der Waals surface area contributed by atoms with Crippen LogP contribution in [-0.2, 0) is 0 Å². The SMILES string of the molecule is Cc1ccc([C@@H](C[NH3+])[NH+]2CCC(C)CC2)cc1. The first-order valence-electron chi connectivity index (χ1n) is 6.91. The van der Waals surface area contributed by atoms with Crippen LogP contribution in [0.1, 0.15) is 36.9 Å². The highest BCUT2D eigenvalue weighted by Crippen LogP contribution is 2.13. The standard InChI is InChI=1S/C15H24N2/c1-12-3-5-14(6-4-12)15(11-16)17-9-7-13(2)8-10-17/h3-6,13,15H,7-11,16H2,1-2H3/p+2/t15-/m1/s1. The highest BCUT2D eigenvalue weighted by atomic mass is 15.2. The minimum absolute atomic E-state index is 0.600. The lowest BCUT2D eigenvalue weighted by molar-refractivity contribution is -0.943. The molecule has 0 unspecified atom stereocenters. The van der Waals surface area contributed by atoms with Gasteiger partial charge in [-0.3, -0.25) is 0 Å². The van der Waals surface area contributed by atoms with Gasteiger partial charge in [-0.05, 0) is 25.7 Å². The van der Waals surface area contributed by atoms with Crippen molar-refractivity contribution in [2.45, 2.75) is 32.7 Å². The third-order valence-corrected chi connectivity index (χ3v) is 4.18. The van der Waals surface area contributed by atoms with Gasteiger partial charge in [-0.15, -0.1) is 0 Å². The van der Waals surface area contributed by atoms with Crippen LogP contribution in [0.15, 0.2) is 24.3 Å². The molecule has 1 atom stereocenters. The second-order valence-electron chi connectivity index (χ2n) is 5.59. The first kappa shape index (κ1) is 12.6. The van der Waals surface area contributed by atoms with Gasteiger partial charge in [-0.1, -0.05) is 36.8 Å². The van der Waals surface area contributed by atoms with Crippen LogP contribution in [0.4, 0.5) is 0 Å². The van der Waals surface area contributed by atoms with E-state index >= 15 is 0 Å². The Morgan fingerprint density at radius 2 is 1.82 bits per heavy atom. The summed E-state index contributed by atoms with van der Waals surface area (Å²) in [5.41, 5.74) is 6.97. The normalized spacial score (nSPS) is 26.8. The number of aryl methyl sites for hydroxylation is 1. The molecule has 2 heteroatoms. The van der Waals surface area contributed by atoms with Gasteiger partial charge in [-0.2, -0.15) is 0 Å². The van der Waals surface area contributed by atoms with Crippen molar-refractivity contribution in [3.8, 4) is 0 Å². The van der Waals surface area contributed by atoms with E-state index in [1.54, 1.807) is 4.90 Å². The maximum atomic E-state index is 4.16. The van der Waals surface area contributed by atoms with Crippen LogP contribution < -0.4 is 10.6 Å². The predicted molar refractivity (Wildman–Crippen MR) is 70.8 cm³/mol. The molecule has 0 radical (unpaired) electrons. The van der Waals surface area contributed by atoms with Crippen LogP contribution in [0.5, 0.6) is 0 Å². The summed E-state index contributed by atoms with van der Waals surface area (Å²) in [5.74, 6) is 0.919. The van der Waals surface area contributed by atoms with Crippen molar-refractivity contribution in [3.63, 3.8) is 0 Å². The zero-order valence-electron chi connectivity index (χ0n) is 11.2. The topological polar surface area (TPSA) is 32.1 Å². The first-order chi connectivity index (χ1) is 8.20. The summed E-state index contributed by atoms with van der Waals surface area (Å²) in [5, 5.41) is 0. The monoisotopic (exact) mass is 234 g/mol. The minimum Gasteiger partial charge on any atom is -0.352 e. The maximum absolute atomic E-state index is 4.16. The van der Waals surface area contributed by atoms with E-state index in [1.807, 2.05) is 0 Å². The molecule has 2 rings (SSSR count). The summed E-state index contributed by atoms with van der Waals surface area (Å²) < 4.78 is 0. The largest absolute Gasteiger partial charge is 0.352 e. The summed E-state index contributed by atoms with van der Waals surface area (Å²) in [6, 6.07) is 9.63. The molecule has 1 aromatic carbocycles. The molecule has 1 aliphatic heterocycles. The predicted octanol–water partition coefficient (Wildman–Crippen LogP) is 0.593. The number of rotatable bonds is 3. The molecule has 0 aliphatic carbocycles.